The highest BCUT2D eigenvalue weighted by atomic mass is 35.5. The van der Waals surface area contributed by atoms with Crippen molar-refractivity contribution in [3.63, 3.8) is 0 Å². The fraction of sp³-hybridized carbons (Fsp3) is 0.538. The van der Waals surface area contributed by atoms with Gasteiger partial charge in [0.2, 0.25) is 10.0 Å². The van der Waals surface area contributed by atoms with E-state index in [4.69, 9.17) is 16.3 Å². The van der Waals surface area contributed by atoms with Gasteiger partial charge in [-0.15, -0.1) is 0 Å². The summed E-state index contributed by atoms with van der Waals surface area (Å²) in [5, 5.41) is 0.549. The van der Waals surface area contributed by atoms with Crippen molar-refractivity contribution in [2.75, 3.05) is 32.8 Å². The molecule has 2 aromatic carbocycles. The lowest BCUT2D eigenvalue weighted by molar-refractivity contribution is 0.0525. The van der Waals surface area contributed by atoms with E-state index in [1.54, 1.807) is 28.6 Å². The number of halogens is 1. The molecule has 33 heavy (non-hydrogen) atoms. The predicted octanol–water partition coefficient (Wildman–Crippen LogP) is 5.44. The minimum atomic E-state index is -3.45. The van der Waals surface area contributed by atoms with E-state index in [2.05, 4.69) is 36.9 Å². The van der Waals surface area contributed by atoms with Gasteiger partial charge in [-0.2, -0.15) is 4.31 Å². The van der Waals surface area contributed by atoms with Crippen LogP contribution >= 0.6 is 11.6 Å². The van der Waals surface area contributed by atoms with E-state index in [1.807, 2.05) is 6.07 Å². The summed E-state index contributed by atoms with van der Waals surface area (Å²) in [6.45, 7) is 9.24. The number of sulfonamides is 1. The zero-order valence-electron chi connectivity index (χ0n) is 19.7. The maximum atomic E-state index is 13.0. The number of hydrogen-bond acceptors (Lipinski definition) is 4. The van der Waals surface area contributed by atoms with Crippen LogP contribution in [0.4, 0.5) is 0 Å². The van der Waals surface area contributed by atoms with E-state index in [1.165, 1.54) is 5.56 Å². The minimum absolute atomic E-state index is 0.260. The highest BCUT2D eigenvalue weighted by molar-refractivity contribution is 7.89. The summed E-state index contributed by atoms with van der Waals surface area (Å²) in [7, 11) is -3.45. The van der Waals surface area contributed by atoms with Crippen LogP contribution in [0.3, 0.4) is 0 Å². The molecule has 1 spiro atoms. The number of benzene rings is 2. The van der Waals surface area contributed by atoms with Gasteiger partial charge >= 0.3 is 0 Å². The second-order valence-electron chi connectivity index (χ2n) is 9.95. The zero-order chi connectivity index (χ0) is 23.5. The van der Waals surface area contributed by atoms with Gasteiger partial charge in [-0.05, 0) is 80.4 Å². The molecule has 0 atom stereocenters. The van der Waals surface area contributed by atoms with Crippen LogP contribution in [0, 0.1) is 11.3 Å². The van der Waals surface area contributed by atoms with Gasteiger partial charge in [0.15, 0.2) is 0 Å². The first-order valence-electron chi connectivity index (χ1n) is 12.0. The molecular weight excluding hydrogens is 456 g/mol. The lowest BCUT2D eigenvalue weighted by Crippen LogP contribution is -2.48. The molecule has 2 saturated heterocycles. The average Bonchev–Trinajstić information content (AvgIpc) is 2.81. The van der Waals surface area contributed by atoms with Crippen molar-refractivity contribution >= 4 is 21.6 Å². The fourth-order valence-corrected chi connectivity index (χ4v) is 6.48. The molecular formula is C26H35ClN2O3S. The van der Waals surface area contributed by atoms with Crippen LogP contribution in [-0.4, -0.2) is 50.4 Å². The van der Waals surface area contributed by atoms with Gasteiger partial charge in [0.25, 0.3) is 0 Å². The Kier molecular flexibility index (Phi) is 7.69. The number of ether oxygens (including phenoxy) is 1. The van der Waals surface area contributed by atoms with E-state index < -0.39 is 10.0 Å². The second kappa shape index (κ2) is 10.3. The summed E-state index contributed by atoms with van der Waals surface area (Å²) < 4.78 is 33.7. The SMILES string of the molecule is CC(C)COc1ccccc1CN1CCC2(CC1)CCN(S(=O)(=O)c1ccc(Cl)cc1)CC2. The third-order valence-electron chi connectivity index (χ3n) is 7.09. The maximum Gasteiger partial charge on any atom is 0.243 e. The van der Waals surface area contributed by atoms with Gasteiger partial charge in [0.1, 0.15) is 5.75 Å². The van der Waals surface area contributed by atoms with Crippen LogP contribution in [0.25, 0.3) is 0 Å². The second-order valence-corrected chi connectivity index (χ2v) is 12.3. The zero-order valence-corrected chi connectivity index (χ0v) is 21.2. The quantitative estimate of drug-likeness (QED) is 0.518. The van der Waals surface area contributed by atoms with Gasteiger partial charge in [-0.1, -0.05) is 43.6 Å². The van der Waals surface area contributed by atoms with E-state index in [9.17, 15) is 8.42 Å². The molecule has 2 aliphatic rings. The summed E-state index contributed by atoms with van der Waals surface area (Å²) in [6.07, 6.45) is 4.11. The van der Waals surface area contributed by atoms with Crippen LogP contribution in [0.1, 0.15) is 45.1 Å². The lowest BCUT2D eigenvalue weighted by Gasteiger charge is -2.46. The summed E-state index contributed by atoms with van der Waals surface area (Å²) in [5.74, 6) is 1.49. The number of likely N-dealkylation sites (tertiary alicyclic amines) is 1. The highest BCUT2D eigenvalue weighted by Crippen LogP contribution is 2.42. The molecule has 2 fully saturated rings. The Morgan fingerprint density at radius 1 is 0.939 bits per heavy atom. The van der Waals surface area contributed by atoms with Gasteiger partial charge in [0, 0.05) is 30.2 Å². The topological polar surface area (TPSA) is 49.9 Å². The summed E-state index contributed by atoms with van der Waals surface area (Å²) >= 11 is 5.93. The molecule has 0 bridgehead atoms. The first-order chi connectivity index (χ1) is 15.8. The van der Waals surface area contributed by atoms with E-state index >= 15 is 0 Å². The molecule has 2 aromatic rings. The van der Waals surface area contributed by atoms with Crippen molar-refractivity contribution in [3.05, 3.63) is 59.1 Å². The number of para-hydroxylation sites is 1. The van der Waals surface area contributed by atoms with E-state index in [0.29, 0.717) is 28.9 Å². The Morgan fingerprint density at radius 2 is 1.55 bits per heavy atom. The Balaban J connectivity index is 1.31. The summed E-state index contributed by atoms with van der Waals surface area (Å²) in [5.41, 5.74) is 1.51. The monoisotopic (exact) mass is 490 g/mol. The summed E-state index contributed by atoms with van der Waals surface area (Å²) in [4.78, 5) is 2.84. The van der Waals surface area contributed by atoms with Crippen LogP contribution in [0.2, 0.25) is 5.02 Å². The number of hydrogen-bond donors (Lipinski definition) is 0. The van der Waals surface area contributed by atoms with Crippen molar-refractivity contribution in [2.45, 2.75) is 51.0 Å². The minimum Gasteiger partial charge on any atom is -0.493 e. The number of rotatable bonds is 7. The first kappa shape index (κ1) is 24.5. The van der Waals surface area contributed by atoms with Crippen LogP contribution in [0.15, 0.2) is 53.4 Å². The van der Waals surface area contributed by atoms with Crippen LogP contribution < -0.4 is 4.74 Å². The molecule has 0 aliphatic carbocycles. The van der Waals surface area contributed by atoms with Crippen molar-refractivity contribution in [1.29, 1.82) is 0 Å². The molecule has 2 heterocycles. The Bertz CT molecular complexity index is 1020. The van der Waals surface area contributed by atoms with Crippen molar-refractivity contribution in [1.82, 2.24) is 9.21 Å². The first-order valence-corrected chi connectivity index (χ1v) is 13.8. The van der Waals surface area contributed by atoms with Crippen molar-refractivity contribution < 1.29 is 13.2 Å². The maximum absolute atomic E-state index is 13.0. The largest absolute Gasteiger partial charge is 0.493 e. The van der Waals surface area contributed by atoms with Crippen molar-refractivity contribution in [3.8, 4) is 5.75 Å². The third-order valence-corrected chi connectivity index (χ3v) is 9.25. The number of nitrogens with zero attached hydrogens (tertiary/aromatic N) is 2. The van der Waals surface area contributed by atoms with Gasteiger partial charge < -0.3 is 4.74 Å². The van der Waals surface area contributed by atoms with Crippen molar-refractivity contribution in [2.24, 2.45) is 11.3 Å². The highest BCUT2D eigenvalue weighted by Gasteiger charge is 2.40. The fourth-order valence-electron chi connectivity index (χ4n) is 4.91. The Morgan fingerprint density at radius 3 is 2.18 bits per heavy atom. The average molecular weight is 491 g/mol. The number of piperidine rings is 2. The normalized spacial score (nSPS) is 19.8. The lowest BCUT2D eigenvalue weighted by atomic mass is 9.71. The molecule has 4 rings (SSSR count). The van der Waals surface area contributed by atoms with E-state index in [0.717, 1.165) is 57.7 Å². The van der Waals surface area contributed by atoms with Gasteiger partial charge in [-0.25, -0.2) is 8.42 Å². The smallest absolute Gasteiger partial charge is 0.243 e. The Hall–Kier alpha value is -1.60. The van der Waals surface area contributed by atoms with Crippen LogP contribution in [-0.2, 0) is 16.6 Å². The molecule has 0 saturated carbocycles. The van der Waals surface area contributed by atoms with Crippen LogP contribution in [0.5, 0.6) is 5.75 Å². The molecule has 5 nitrogen and oxygen atoms in total. The van der Waals surface area contributed by atoms with E-state index in [-0.39, 0.29) is 5.41 Å². The standard InChI is InChI=1S/C26H35ClN2O3S/c1-21(2)20-32-25-6-4-3-5-22(25)19-28-15-11-26(12-16-28)13-17-29(18-14-26)33(30,31)24-9-7-23(27)8-10-24/h3-10,21H,11-20H2,1-2H3. The molecule has 7 heteroatoms. The molecule has 0 N–H and O–H groups in total. The molecule has 0 unspecified atom stereocenters. The van der Waals surface area contributed by atoms with Gasteiger partial charge in [0.05, 0.1) is 11.5 Å². The third kappa shape index (κ3) is 5.91. The summed E-state index contributed by atoms with van der Waals surface area (Å²) in [6, 6.07) is 14.8. The molecule has 180 valence electrons. The molecule has 0 aromatic heterocycles. The molecule has 0 amide bonds. The molecule has 0 radical (unpaired) electrons. The predicted molar refractivity (Wildman–Crippen MR) is 133 cm³/mol. The van der Waals surface area contributed by atoms with Gasteiger partial charge in [-0.3, -0.25) is 4.90 Å². The molecule has 2 aliphatic heterocycles. The Labute approximate surface area is 203 Å².